The predicted octanol–water partition coefficient (Wildman–Crippen LogP) is 6.05. The maximum atomic E-state index is 4.08. The van der Waals surface area contributed by atoms with Crippen LogP contribution in [-0.4, -0.2) is 9.97 Å². The number of benzene rings is 1. The minimum absolute atomic E-state index is 1.16. The molecule has 3 aromatic rings. The molecule has 0 aliphatic carbocycles. The van der Waals surface area contributed by atoms with Crippen molar-refractivity contribution in [3.05, 3.63) is 93.6 Å². The van der Waals surface area contributed by atoms with E-state index in [1.807, 2.05) is 49.1 Å². The van der Waals surface area contributed by atoms with Gasteiger partial charge >= 0.3 is 0 Å². The molecule has 0 N–H and O–H groups in total. The van der Waals surface area contributed by atoms with Crippen molar-refractivity contribution in [3.63, 3.8) is 0 Å². The second-order valence-electron chi connectivity index (χ2n) is 6.56. The van der Waals surface area contributed by atoms with E-state index in [1.165, 1.54) is 33.4 Å². The molecule has 0 bridgehead atoms. The van der Waals surface area contributed by atoms with Crippen molar-refractivity contribution in [1.82, 2.24) is 9.97 Å². The van der Waals surface area contributed by atoms with Crippen molar-refractivity contribution in [2.45, 2.75) is 27.7 Å². The minimum Gasteiger partial charge on any atom is -0.265 e. The van der Waals surface area contributed by atoms with E-state index in [-0.39, 0.29) is 0 Å². The molecule has 0 radical (unpaired) electrons. The molecule has 0 aliphatic heterocycles. The molecule has 2 aromatic heterocycles. The Hall–Kier alpha value is -3.00. The van der Waals surface area contributed by atoms with Gasteiger partial charge < -0.3 is 0 Å². The average Bonchev–Trinajstić information content (AvgIpc) is 2.68. The van der Waals surface area contributed by atoms with E-state index in [0.717, 1.165) is 11.1 Å². The molecule has 1 aromatic carbocycles. The zero-order chi connectivity index (χ0) is 18.5. The van der Waals surface area contributed by atoms with E-state index in [2.05, 4.69) is 62.0 Å². The smallest absolute Gasteiger partial charge is 0.0273 e. The lowest BCUT2D eigenvalue weighted by molar-refractivity contribution is 1.21. The highest BCUT2D eigenvalue weighted by atomic mass is 14.6. The molecule has 3 rings (SSSR count). The fraction of sp³-hybridized carbons (Fsp3) is 0.167. The number of rotatable bonds is 4. The Morgan fingerprint density at radius 2 is 0.808 bits per heavy atom. The molecule has 26 heavy (non-hydrogen) atoms. The van der Waals surface area contributed by atoms with Crippen LogP contribution in [0.25, 0.3) is 24.3 Å². The number of pyridine rings is 2. The van der Waals surface area contributed by atoms with Crippen LogP contribution in [0.2, 0.25) is 0 Å². The van der Waals surface area contributed by atoms with Gasteiger partial charge in [0.1, 0.15) is 0 Å². The van der Waals surface area contributed by atoms with E-state index in [0.29, 0.717) is 0 Å². The zero-order valence-electron chi connectivity index (χ0n) is 15.8. The van der Waals surface area contributed by atoms with Crippen molar-refractivity contribution in [2.75, 3.05) is 0 Å². The van der Waals surface area contributed by atoms with Gasteiger partial charge in [0.25, 0.3) is 0 Å². The van der Waals surface area contributed by atoms with Crippen LogP contribution in [0.15, 0.2) is 49.1 Å². The summed E-state index contributed by atoms with van der Waals surface area (Å²) < 4.78 is 0. The predicted molar refractivity (Wildman–Crippen MR) is 112 cm³/mol. The lowest BCUT2D eigenvalue weighted by atomic mass is 9.88. The van der Waals surface area contributed by atoms with Gasteiger partial charge in [0.2, 0.25) is 0 Å². The minimum atomic E-state index is 1.16. The average molecular weight is 340 g/mol. The summed E-state index contributed by atoms with van der Waals surface area (Å²) in [6.07, 6.45) is 16.0. The first-order valence-electron chi connectivity index (χ1n) is 8.84. The number of hydrogen-bond acceptors (Lipinski definition) is 2. The summed E-state index contributed by atoms with van der Waals surface area (Å²) in [6.45, 7) is 8.82. The van der Waals surface area contributed by atoms with Crippen LogP contribution in [0, 0.1) is 27.7 Å². The highest BCUT2D eigenvalue weighted by Crippen LogP contribution is 2.29. The maximum absolute atomic E-state index is 4.08. The van der Waals surface area contributed by atoms with Crippen LogP contribution in [0.3, 0.4) is 0 Å². The molecule has 0 aliphatic rings. The van der Waals surface area contributed by atoms with Crippen LogP contribution in [0.1, 0.15) is 44.5 Å². The summed E-state index contributed by atoms with van der Waals surface area (Å²) in [5, 5.41) is 0. The molecule has 0 atom stereocenters. The van der Waals surface area contributed by atoms with Gasteiger partial charge in [0, 0.05) is 24.8 Å². The molecule has 2 nitrogen and oxygen atoms in total. The first-order valence-corrected chi connectivity index (χ1v) is 8.84. The van der Waals surface area contributed by atoms with Gasteiger partial charge in [-0.2, -0.15) is 0 Å². The fourth-order valence-corrected chi connectivity index (χ4v) is 3.18. The van der Waals surface area contributed by atoms with Crippen molar-refractivity contribution in [3.8, 4) is 0 Å². The Labute approximate surface area is 156 Å². The normalized spacial score (nSPS) is 11.5. The third-order valence-corrected chi connectivity index (χ3v) is 5.04. The molecule has 2 heteroatoms. The lowest BCUT2D eigenvalue weighted by Crippen LogP contribution is -1.99. The van der Waals surface area contributed by atoms with Gasteiger partial charge in [0.05, 0.1) is 0 Å². The number of hydrogen-bond donors (Lipinski definition) is 0. The molecule has 130 valence electrons. The summed E-state index contributed by atoms with van der Waals surface area (Å²) in [5.74, 6) is 0. The van der Waals surface area contributed by atoms with Crippen molar-refractivity contribution < 1.29 is 0 Å². The Morgan fingerprint density at radius 1 is 0.500 bits per heavy atom. The van der Waals surface area contributed by atoms with Gasteiger partial charge in [-0.3, -0.25) is 9.97 Å². The SMILES string of the molecule is Cc1c(C)c(/C=C/c2ccncc2)c(C)c(C)c1/C=C/c1ccncc1. The molecule has 2 heterocycles. The van der Waals surface area contributed by atoms with Crippen LogP contribution in [0.5, 0.6) is 0 Å². The lowest BCUT2D eigenvalue weighted by Gasteiger charge is -2.17. The van der Waals surface area contributed by atoms with Crippen LogP contribution < -0.4 is 0 Å². The van der Waals surface area contributed by atoms with Crippen LogP contribution in [0.4, 0.5) is 0 Å². The van der Waals surface area contributed by atoms with Gasteiger partial charge in [-0.25, -0.2) is 0 Å². The van der Waals surface area contributed by atoms with Crippen LogP contribution >= 0.6 is 0 Å². The van der Waals surface area contributed by atoms with Crippen LogP contribution in [-0.2, 0) is 0 Å². The summed E-state index contributed by atoms with van der Waals surface area (Å²) >= 11 is 0. The Kier molecular flexibility index (Phi) is 5.43. The monoisotopic (exact) mass is 340 g/mol. The van der Waals surface area contributed by atoms with E-state index in [4.69, 9.17) is 0 Å². The van der Waals surface area contributed by atoms with Gasteiger partial charge in [-0.15, -0.1) is 0 Å². The molecule has 0 unspecified atom stereocenters. The fourth-order valence-electron chi connectivity index (χ4n) is 3.18. The van der Waals surface area contributed by atoms with Gasteiger partial charge in [-0.05, 0) is 96.5 Å². The van der Waals surface area contributed by atoms with Crippen molar-refractivity contribution in [2.24, 2.45) is 0 Å². The first-order chi connectivity index (χ1) is 12.6. The standard InChI is InChI=1S/C24H24N2/c1-17-18(2)24(8-6-22-11-15-26-16-12-22)20(4)19(3)23(17)7-5-21-9-13-25-14-10-21/h5-16H,1-4H3/b7-5+,8-6+. The van der Waals surface area contributed by atoms with Gasteiger partial charge in [-0.1, -0.05) is 24.3 Å². The van der Waals surface area contributed by atoms with Crippen molar-refractivity contribution in [1.29, 1.82) is 0 Å². The second-order valence-corrected chi connectivity index (χ2v) is 6.56. The highest BCUT2D eigenvalue weighted by molar-refractivity contribution is 5.79. The molecule has 0 saturated carbocycles. The largest absolute Gasteiger partial charge is 0.265 e. The zero-order valence-corrected chi connectivity index (χ0v) is 15.8. The summed E-state index contributed by atoms with van der Waals surface area (Å²) in [4.78, 5) is 8.15. The number of aromatic nitrogens is 2. The third-order valence-electron chi connectivity index (χ3n) is 5.04. The Balaban J connectivity index is 2.00. The van der Waals surface area contributed by atoms with E-state index in [1.54, 1.807) is 0 Å². The van der Waals surface area contributed by atoms with Gasteiger partial charge in [0.15, 0.2) is 0 Å². The molecular formula is C24H24N2. The molecule has 0 saturated heterocycles. The van der Waals surface area contributed by atoms with E-state index in [9.17, 15) is 0 Å². The van der Waals surface area contributed by atoms with E-state index < -0.39 is 0 Å². The third kappa shape index (κ3) is 3.80. The van der Waals surface area contributed by atoms with Crippen molar-refractivity contribution >= 4 is 24.3 Å². The topological polar surface area (TPSA) is 25.8 Å². The Morgan fingerprint density at radius 3 is 1.12 bits per heavy atom. The maximum Gasteiger partial charge on any atom is 0.0273 e. The van der Waals surface area contributed by atoms with E-state index >= 15 is 0 Å². The molecule has 0 fully saturated rings. The second kappa shape index (κ2) is 7.92. The quantitative estimate of drug-likeness (QED) is 0.577. The number of nitrogens with zero attached hydrogens (tertiary/aromatic N) is 2. The summed E-state index contributed by atoms with van der Waals surface area (Å²) in [5.41, 5.74) is 10.2. The molecular weight excluding hydrogens is 316 g/mol. The Bertz CT molecular complexity index is 843. The molecule has 0 amide bonds. The highest BCUT2D eigenvalue weighted by Gasteiger charge is 2.11. The summed E-state index contributed by atoms with van der Waals surface area (Å²) in [7, 11) is 0. The molecule has 0 spiro atoms. The first kappa shape index (κ1) is 17.8. The summed E-state index contributed by atoms with van der Waals surface area (Å²) in [6, 6.07) is 8.08.